The minimum absolute atomic E-state index is 0.269. The van der Waals surface area contributed by atoms with Gasteiger partial charge < -0.3 is 5.32 Å². The molecule has 2 aromatic rings. The Morgan fingerprint density at radius 1 is 1.32 bits per heavy atom. The van der Waals surface area contributed by atoms with Gasteiger partial charge in [0.1, 0.15) is 16.1 Å². The van der Waals surface area contributed by atoms with Gasteiger partial charge in [-0.1, -0.05) is 12.1 Å². The molecule has 0 radical (unpaired) electrons. The number of anilines is 1. The van der Waals surface area contributed by atoms with Gasteiger partial charge in [0, 0.05) is 12.7 Å². The first kappa shape index (κ1) is 15.1. The van der Waals surface area contributed by atoms with Crippen LogP contribution in [0.2, 0.25) is 0 Å². The largest absolute Gasteiger partial charge is 0.309 e. The van der Waals surface area contributed by atoms with E-state index in [9.17, 15) is 13.2 Å². The van der Waals surface area contributed by atoms with Gasteiger partial charge in [0.25, 0.3) is 10.0 Å². The molecular weight excluding hydrogens is 322 g/mol. The lowest BCUT2D eigenvalue weighted by molar-refractivity contribution is -0.119. The second-order valence-electron chi connectivity index (χ2n) is 4.91. The molecule has 3 rings (SSSR count). The number of nitrogens with one attached hydrogen (secondary N) is 1. The van der Waals surface area contributed by atoms with Gasteiger partial charge in [-0.3, -0.25) is 4.79 Å². The topological polar surface area (TPSA) is 79.4 Å². The fourth-order valence-electron chi connectivity index (χ4n) is 2.46. The van der Waals surface area contributed by atoms with E-state index >= 15 is 0 Å². The maximum Gasteiger partial charge on any atom is 0.253 e. The number of hydrogen-bond donors (Lipinski definition) is 1. The molecule has 1 amide bonds. The number of sulfonamides is 1. The Hall–Kier alpha value is -1.77. The predicted molar refractivity (Wildman–Crippen MR) is 84.1 cm³/mol. The van der Waals surface area contributed by atoms with E-state index in [2.05, 4.69) is 10.3 Å². The van der Waals surface area contributed by atoms with Crippen LogP contribution in [0.15, 0.2) is 46.1 Å². The third-order valence-corrected chi connectivity index (χ3v) is 6.76. The SMILES string of the molecule is O=C(Nc1ccccn1)[C@@H]1CCCN1S(=O)(=O)c1cccs1. The lowest BCUT2D eigenvalue weighted by Gasteiger charge is -2.22. The molecule has 1 aliphatic heterocycles. The second kappa shape index (κ2) is 6.15. The third kappa shape index (κ3) is 2.90. The summed E-state index contributed by atoms with van der Waals surface area (Å²) in [6, 6.07) is 7.75. The van der Waals surface area contributed by atoms with E-state index in [1.54, 1.807) is 41.9 Å². The molecule has 0 aromatic carbocycles. The predicted octanol–water partition coefficient (Wildman–Crippen LogP) is 1.93. The van der Waals surface area contributed by atoms with Gasteiger partial charge in [0.15, 0.2) is 0 Å². The van der Waals surface area contributed by atoms with E-state index in [0.29, 0.717) is 25.2 Å². The zero-order valence-corrected chi connectivity index (χ0v) is 13.3. The van der Waals surface area contributed by atoms with Crippen molar-refractivity contribution in [2.45, 2.75) is 23.1 Å². The summed E-state index contributed by atoms with van der Waals surface area (Å²) in [5, 5.41) is 4.39. The van der Waals surface area contributed by atoms with Crippen molar-refractivity contribution in [3.05, 3.63) is 41.9 Å². The molecular formula is C14H15N3O3S2. The average molecular weight is 337 g/mol. The number of rotatable bonds is 4. The van der Waals surface area contributed by atoms with Gasteiger partial charge >= 0.3 is 0 Å². The third-order valence-electron chi connectivity index (χ3n) is 3.48. The zero-order valence-electron chi connectivity index (χ0n) is 11.7. The minimum Gasteiger partial charge on any atom is -0.309 e. The van der Waals surface area contributed by atoms with E-state index in [4.69, 9.17) is 0 Å². The van der Waals surface area contributed by atoms with E-state index in [1.807, 2.05) is 0 Å². The van der Waals surface area contributed by atoms with Crippen molar-refractivity contribution >= 4 is 33.1 Å². The summed E-state index contributed by atoms with van der Waals surface area (Å²) in [6.07, 6.45) is 2.76. The van der Waals surface area contributed by atoms with Crippen LogP contribution in [0.25, 0.3) is 0 Å². The summed E-state index contributed by atoms with van der Waals surface area (Å²) < 4.78 is 26.8. The number of nitrogens with zero attached hydrogens (tertiary/aromatic N) is 2. The number of carbonyl (C=O) groups is 1. The van der Waals surface area contributed by atoms with Crippen molar-refractivity contribution in [2.75, 3.05) is 11.9 Å². The van der Waals surface area contributed by atoms with Crippen LogP contribution in [0.4, 0.5) is 5.82 Å². The van der Waals surface area contributed by atoms with Crippen molar-refractivity contribution in [3.8, 4) is 0 Å². The van der Waals surface area contributed by atoms with Crippen molar-refractivity contribution < 1.29 is 13.2 Å². The fraction of sp³-hybridized carbons (Fsp3) is 0.286. The lowest BCUT2D eigenvalue weighted by Crippen LogP contribution is -2.42. The summed E-state index contributed by atoms with van der Waals surface area (Å²) in [5.74, 6) is 0.0872. The van der Waals surface area contributed by atoms with Crippen LogP contribution in [-0.4, -0.2) is 36.2 Å². The first-order chi connectivity index (χ1) is 10.6. The number of thiophene rings is 1. The van der Waals surface area contributed by atoms with Crippen molar-refractivity contribution in [1.29, 1.82) is 0 Å². The molecule has 0 unspecified atom stereocenters. The van der Waals surface area contributed by atoms with Crippen LogP contribution in [0.3, 0.4) is 0 Å². The monoisotopic (exact) mass is 337 g/mol. The van der Waals surface area contributed by atoms with Gasteiger partial charge in [-0.05, 0) is 36.4 Å². The summed E-state index contributed by atoms with van der Waals surface area (Å²) in [7, 11) is -3.61. The average Bonchev–Trinajstić information content (AvgIpc) is 3.20. The van der Waals surface area contributed by atoms with Crippen molar-refractivity contribution in [2.24, 2.45) is 0 Å². The molecule has 22 heavy (non-hydrogen) atoms. The van der Waals surface area contributed by atoms with E-state index < -0.39 is 16.1 Å². The Kier molecular flexibility index (Phi) is 4.23. The highest BCUT2D eigenvalue weighted by molar-refractivity contribution is 7.91. The molecule has 1 aliphatic rings. The standard InChI is InChI=1S/C14H15N3O3S2/c18-14(16-12-6-1-2-8-15-12)11-5-3-9-17(11)22(19,20)13-7-4-10-21-13/h1-2,4,6-8,10-11H,3,5,9H2,(H,15,16,18)/t11-/m0/s1. The quantitative estimate of drug-likeness (QED) is 0.924. The van der Waals surface area contributed by atoms with Gasteiger partial charge in [-0.2, -0.15) is 4.31 Å². The normalized spacial score (nSPS) is 19.2. The maximum absolute atomic E-state index is 12.6. The molecule has 0 bridgehead atoms. The van der Waals surface area contributed by atoms with E-state index in [-0.39, 0.29) is 10.1 Å². The molecule has 1 atom stereocenters. The summed E-state index contributed by atoms with van der Waals surface area (Å²) >= 11 is 1.16. The van der Waals surface area contributed by atoms with Gasteiger partial charge in [0.2, 0.25) is 5.91 Å². The Balaban J connectivity index is 1.80. The molecule has 1 N–H and O–H groups in total. The van der Waals surface area contributed by atoms with Crippen LogP contribution in [0.1, 0.15) is 12.8 Å². The molecule has 0 spiro atoms. The smallest absolute Gasteiger partial charge is 0.253 e. The van der Waals surface area contributed by atoms with Crippen LogP contribution in [-0.2, 0) is 14.8 Å². The first-order valence-electron chi connectivity index (χ1n) is 6.86. The molecule has 6 nitrogen and oxygen atoms in total. The molecule has 116 valence electrons. The van der Waals surface area contributed by atoms with Crippen LogP contribution >= 0.6 is 11.3 Å². The summed E-state index contributed by atoms with van der Waals surface area (Å²) in [4.78, 5) is 16.4. The number of carbonyl (C=O) groups excluding carboxylic acids is 1. The Bertz CT molecular complexity index is 745. The number of amides is 1. The molecule has 3 heterocycles. The molecule has 0 saturated carbocycles. The summed E-state index contributed by atoms with van der Waals surface area (Å²) in [6.45, 7) is 0.362. The van der Waals surface area contributed by atoms with Gasteiger partial charge in [0.05, 0.1) is 0 Å². The Morgan fingerprint density at radius 3 is 2.86 bits per heavy atom. The van der Waals surface area contributed by atoms with Crippen molar-refractivity contribution in [1.82, 2.24) is 9.29 Å². The Labute approximate surface area is 132 Å². The molecule has 0 aliphatic carbocycles. The van der Waals surface area contributed by atoms with Gasteiger partial charge in [-0.25, -0.2) is 13.4 Å². The number of hydrogen-bond acceptors (Lipinski definition) is 5. The maximum atomic E-state index is 12.6. The zero-order chi connectivity index (χ0) is 15.6. The molecule has 8 heteroatoms. The highest BCUT2D eigenvalue weighted by Gasteiger charge is 2.39. The molecule has 1 fully saturated rings. The van der Waals surface area contributed by atoms with Gasteiger partial charge in [-0.15, -0.1) is 11.3 Å². The first-order valence-corrected chi connectivity index (χ1v) is 9.18. The number of aromatic nitrogens is 1. The lowest BCUT2D eigenvalue weighted by atomic mass is 10.2. The van der Waals surface area contributed by atoms with Crippen molar-refractivity contribution in [3.63, 3.8) is 0 Å². The fourth-order valence-corrected chi connectivity index (χ4v) is 5.24. The summed E-state index contributed by atoms with van der Waals surface area (Å²) in [5.41, 5.74) is 0. The highest BCUT2D eigenvalue weighted by Crippen LogP contribution is 2.29. The van der Waals surface area contributed by atoms with Crippen LogP contribution < -0.4 is 5.32 Å². The van der Waals surface area contributed by atoms with Crippen LogP contribution in [0, 0.1) is 0 Å². The Morgan fingerprint density at radius 2 is 2.18 bits per heavy atom. The molecule has 1 saturated heterocycles. The molecule has 2 aromatic heterocycles. The van der Waals surface area contributed by atoms with Crippen LogP contribution in [0.5, 0.6) is 0 Å². The minimum atomic E-state index is -3.61. The van der Waals surface area contributed by atoms with E-state index in [0.717, 1.165) is 11.3 Å². The number of pyridine rings is 1. The van der Waals surface area contributed by atoms with E-state index in [1.165, 1.54) is 4.31 Å². The highest BCUT2D eigenvalue weighted by atomic mass is 32.2. The second-order valence-corrected chi connectivity index (χ2v) is 7.98.